The van der Waals surface area contributed by atoms with Crippen LogP contribution in [-0.2, 0) is 0 Å². The summed E-state index contributed by atoms with van der Waals surface area (Å²) in [5.74, 6) is -0.871. The lowest BCUT2D eigenvalue weighted by Gasteiger charge is -2.28. The van der Waals surface area contributed by atoms with Crippen molar-refractivity contribution in [1.29, 1.82) is 0 Å². The number of aromatic carboxylic acids is 1. The molecule has 15 heavy (non-hydrogen) atoms. The zero-order valence-corrected chi connectivity index (χ0v) is 9.40. The first-order valence-corrected chi connectivity index (χ1v) is 5.16. The number of hydrogen-bond acceptors (Lipinski definition) is 2. The lowest BCUT2D eigenvalue weighted by atomic mass is 10.1. The van der Waals surface area contributed by atoms with Gasteiger partial charge in [0, 0.05) is 12.6 Å². The fourth-order valence-electron chi connectivity index (χ4n) is 1.72. The van der Waals surface area contributed by atoms with Crippen LogP contribution < -0.4 is 4.90 Å². The van der Waals surface area contributed by atoms with Crippen molar-refractivity contribution < 1.29 is 9.90 Å². The van der Waals surface area contributed by atoms with Gasteiger partial charge in [0.25, 0.3) is 0 Å². The number of hydrogen-bond donors (Lipinski definition) is 1. The molecule has 0 spiro atoms. The maximum absolute atomic E-state index is 11.0. The van der Waals surface area contributed by atoms with Crippen LogP contribution >= 0.6 is 0 Å². The summed E-state index contributed by atoms with van der Waals surface area (Å²) in [5.41, 5.74) is 1.16. The van der Waals surface area contributed by atoms with Crippen molar-refractivity contribution in [2.75, 3.05) is 11.4 Å². The molecule has 1 aromatic rings. The van der Waals surface area contributed by atoms with Gasteiger partial charge in [-0.2, -0.15) is 0 Å². The molecule has 0 amide bonds. The average molecular weight is 207 g/mol. The first kappa shape index (κ1) is 11.6. The quantitative estimate of drug-likeness (QED) is 0.825. The Balaban J connectivity index is 3.16. The van der Waals surface area contributed by atoms with Crippen molar-refractivity contribution >= 4 is 11.7 Å². The van der Waals surface area contributed by atoms with Gasteiger partial charge in [-0.25, -0.2) is 4.79 Å². The monoisotopic (exact) mass is 207 g/mol. The number of benzene rings is 1. The minimum absolute atomic E-state index is 0.301. The van der Waals surface area contributed by atoms with Crippen LogP contribution in [0.25, 0.3) is 0 Å². The Hall–Kier alpha value is -1.51. The van der Waals surface area contributed by atoms with E-state index in [4.69, 9.17) is 5.11 Å². The molecule has 0 unspecified atom stereocenters. The molecule has 0 aromatic heterocycles. The Morgan fingerprint density at radius 1 is 1.40 bits per heavy atom. The zero-order chi connectivity index (χ0) is 11.4. The van der Waals surface area contributed by atoms with E-state index >= 15 is 0 Å². The summed E-state index contributed by atoms with van der Waals surface area (Å²) in [7, 11) is 0. The Morgan fingerprint density at radius 2 is 2.00 bits per heavy atom. The van der Waals surface area contributed by atoms with E-state index in [0.29, 0.717) is 11.6 Å². The van der Waals surface area contributed by atoms with Crippen LogP contribution in [0.5, 0.6) is 0 Å². The van der Waals surface area contributed by atoms with Gasteiger partial charge in [0.2, 0.25) is 0 Å². The summed E-state index contributed by atoms with van der Waals surface area (Å²) >= 11 is 0. The number of carboxylic acids is 1. The Labute approximate surface area is 90.3 Å². The minimum Gasteiger partial charge on any atom is -0.478 e. The predicted octanol–water partition coefficient (Wildman–Crippen LogP) is 2.62. The van der Waals surface area contributed by atoms with Gasteiger partial charge >= 0.3 is 5.97 Å². The lowest BCUT2D eigenvalue weighted by molar-refractivity contribution is 0.0697. The largest absolute Gasteiger partial charge is 0.478 e. The van der Waals surface area contributed by atoms with Crippen LogP contribution in [0.15, 0.2) is 24.3 Å². The van der Waals surface area contributed by atoms with E-state index in [9.17, 15) is 4.79 Å². The summed E-state index contributed by atoms with van der Waals surface area (Å²) in [6.45, 7) is 6.95. The number of nitrogens with zero attached hydrogens (tertiary/aromatic N) is 1. The van der Waals surface area contributed by atoms with Crippen molar-refractivity contribution in [3.63, 3.8) is 0 Å². The van der Waals surface area contributed by atoms with Gasteiger partial charge in [-0.3, -0.25) is 0 Å². The van der Waals surface area contributed by atoms with E-state index in [1.54, 1.807) is 12.1 Å². The van der Waals surface area contributed by atoms with Crippen LogP contribution in [0.2, 0.25) is 0 Å². The van der Waals surface area contributed by atoms with Crippen LogP contribution in [0.1, 0.15) is 31.1 Å². The second-order valence-electron chi connectivity index (χ2n) is 3.70. The molecule has 0 atom stereocenters. The van der Waals surface area contributed by atoms with Gasteiger partial charge in [-0.1, -0.05) is 12.1 Å². The summed E-state index contributed by atoms with van der Waals surface area (Å²) in [6, 6.07) is 7.42. The molecule has 3 nitrogen and oxygen atoms in total. The standard InChI is InChI=1S/C12H17NO2/c1-4-13(9(2)3)11-8-6-5-7-10(11)12(14)15/h5-9H,4H2,1-3H3,(H,14,15). The van der Waals surface area contributed by atoms with Crippen LogP contribution in [0, 0.1) is 0 Å². The molecule has 0 aliphatic carbocycles. The van der Waals surface area contributed by atoms with Crippen LogP contribution in [0.3, 0.4) is 0 Å². The number of carboxylic acid groups (broad SMARTS) is 1. The topological polar surface area (TPSA) is 40.5 Å². The highest BCUT2D eigenvalue weighted by Gasteiger charge is 2.15. The first-order valence-electron chi connectivity index (χ1n) is 5.16. The highest BCUT2D eigenvalue weighted by atomic mass is 16.4. The number of carbonyl (C=O) groups is 1. The average Bonchev–Trinajstić information content (AvgIpc) is 2.18. The van der Waals surface area contributed by atoms with E-state index in [-0.39, 0.29) is 0 Å². The minimum atomic E-state index is -0.871. The SMILES string of the molecule is CCN(c1ccccc1C(=O)O)C(C)C. The van der Waals surface area contributed by atoms with E-state index in [1.165, 1.54) is 0 Å². The summed E-state index contributed by atoms with van der Waals surface area (Å²) in [6.07, 6.45) is 0. The van der Waals surface area contributed by atoms with Gasteiger partial charge in [0.05, 0.1) is 11.3 Å². The molecule has 1 rings (SSSR count). The molecule has 0 aliphatic rings. The van der Waals surface area contributed by atoms with E-state index < -0.39 is 5.97 Å². The fourth-order valence-corrected chi connectivity index (χ4v) is 1.72. The van der Waals surface area contributed by atoms with Crippen molar-refractivity contribution in [3.8, 4) is 0 Å². The maximum atomic E-state index is 11.0. The molecule has 1 aromatic carbocycles. The summed E-state index contributed by atoms with van der Waals surface area (Å²) < 4.78 is 0. The maximum Gasteiger partial charge on any atom is 0.337 e. The Kier molecular flexibility index (Phi) is 3.72. The van der Waals surface area contributed by atoms with Crippen molar-refractivity contribution in [2.24, 2.45) is 0 Å². The highest BCUT2D eigenvalue weighted by molar-refractivity contribution is 5.94. The number of para-hydroxylation sites is 1. The third-order valence-electron chi connectivity index (χ3n) is 2.41. The number of anilines is 1. The molecule has 1 N–H and O–H groups in total. The molecule has 0 radical (unpaired) electrons. The van der Waals surface area contributed by atoms with Gasteiger partial charge in [-0.05, 0) is 32.9 Å². The lowest BCUT2D eigenvalue weighted by Crippen LogP contribution is -2.31. The van der Waals surface area contributed by atoms with E-state index in [1.807, 2.05) is 19.1 Å². The predicted molar refractivity (Wildman–Crippen MR) is 61.6 cm³/mol. The van der Waals surface area contributed by atoms with Gasteiger partial charge < -0.3 is 10.0 Å². The Bertz CT molecular complexity index is 347. The fraction of sp³-hybridized carbons (Fsp3) is 0.417. The molecular weight excluding hydrogens is 190 g/mol. The van der Waals surface area contributed by atoms with Crippen molar-refractivity contribution in [3.05, 3.63) is 29.8 Å². The third kappa shape index (κ3) is 2.49. The molecule has 0 saturated heterocycles. The first-order chi connectivity index (χ1) is 7.07. The van der Waals surface area contributed by atoms with Crippen molar-refractivity contribution in [1.82, 2.24) is 0 Å². The molecule has 0 heterocycles. The van der Waals surface area contributed by atoms with Crippen molar-refractivity contribution in [2.45, 2.75) is 26.8 Å². The molecule has 3 heteroatoms. The summed E-state index contributed by atoms with van der Waals surface area (Å²) in [5, 5.41) is 9.07. The van der Waals surface area contributed by atoms with Crippen LogP contribution in [-0.4, -0.2) is 23.7 Å². The molecular formula is C12H17NO2. The number of rotatable bonds is 4. The van der Waals surface area contributed by atoms with Gasteiger partial charge in [0.15, 0.2) is 0 Å². The molecule has 82 valence electrons. The molecule has 0 fully saturated rings. The molecule has 0 bridgehead atoms. The van der Waals surface area contributed by atoms with Crippen LogP contribution in [0.4, 0.5) is 5.69 Å². The molecule has 0 aliphatic heterocycles. The van der Waals surface area contributed by atoms with E-state index in [0.717, 1.165) is 12.2 Å². The van der Waals surface area contributed by atoms with Gasteiger partial charge in [-0.15, -0.1) is 0 Å². The normalized spacial score (nSPS) is 10.4. The Morgan fingerprint density at radius 3 is 2.47 bits per heavy atom. The van der Waals surface area contributed by atoms with Gasteiger partial charge in [0.1, 0.15) is 0 Å². The second kappa shape index (κ2) is 4.82. The summed E-state index contributed by atoms with van der Waals surface area (Å²) in [4.78, 5) is 13.1. The smallest absolute Gasteiger partial charge is 0.337 e. The second-order valence-corrected chi connectivity index (χ2v) is 3.70. The third-order valence-corrected chi connectivity index (χ3v) is 2.41. The molecule has 0 saturated carbocycles. The zero-order valence-electron chi connectivity index (χ0n) is 9.40. The van der Waals surface area contributed by atoms with E-state index in [2.05, 4.69) is 18.7 Å². The highest BCUT2D eigenvalue weighted by Crippen LogP contribution is 2.22.